The molecule has 0 unspecified atom stereocenters. The quantitative estimate of drug-likeness (QED) is 0.775. The van der Waals surface area contributed by atoms with Crippen molar-refractivity contribution in [2.24, 2.45) is 0 Å². The molecule has 0 atom stereocenters. The number of benzene rings is 2. The smallest absolute Gasteiger partial charge is 0.328 e. The van der Waals surface area contributed by atoms with Crippen molar-refractivity contribution in [2.75, 3.05) is 19.6 Å². The molecule has 1 fully saturated rings. The van der Waals surface area contributed by atoms with Gasteiger partial charge < -0.3 is 5.11 Å². The van der Waals surface area contributed by atoms with Gasteiger partial charge in [0.25, 0.3) is 0 Å². The zero-order valence-corrected chi connectivity index (χ0v) is 15.2. The van der Waals surface area contributed by atoms with Crippen molar-refractivity contribution >= 4 is 17.6 Å². The lowest BCUT2D eigenvalue weighted by Crippen LogP contribution is -2.19. The molecule has 3 nitrogen and oxygen atoms in total. The highest BCUT2D eigenvalue weighted by Gasteiger charge is 2.11. The average molecular weight is 347 g/mol. The van der Waals surface area contributed by atoms with Gasteiger partial charge in [-0.3, -0.25) is 4.90 Å². The highest BCUT2D eigenvalue weighted by molar-refractivity contribution is 5.85. The second-order valence-electron chi connectivity index (χ2n) is 6.79. The van der Waals surface area contributed by atoms with Gasteiger partial charge in [-0.1, -0.05) is 60.2 Å². The Morgan fingerprint density at radius 2 is 1.58 bits per heavy atom. The topological polar surface area (TPSA) is 40.5 Å². The highest BCUT2D eigenvalue weighted by Crippen LogP contribution is 2.25. The molecule has 0 saturated carbocycles. The van der Waals surface area contributed by atoms with Crippen LogP contribution >= 0.6 is 0 Å². The lowest BCUT2D eigenvalue weighted by atomic mass is 9.96. The molecular weight excluding hydrogens is 322 g/mol. The van der Waals surface area contributed by atoms with E-state index in [1.54, 1.807) is 6.08 Å². The summed E-state index contributed by atoms with van der Waals surface area (Å²) >= 11 is 0. The summed E-state index contributed by atoms with van der Waals surface area (Å²) in [5.41, 5.74) is 5.73. The van der Waals surface area contributed by atoms with Gasteiger partial charge in [-0.25, -0.2) is 4.79 Å². The van der Waals surface area contributed by atoms with Crippen LogP contribution in [0.15, 0.2) is 60.7 Å². The van der Waals surface area contributed by atoms with Crippen molar-refractivity contribution in [1.29, 1.82) is 0 Å². The van der Waals surface area contributed by atoms with Crippen molar-refractivity contribution in [3.8, 4) is 0 Å². The highest BCUT2D eigenvalue weighted by atomic mass is 16.4. The summed E-state index contributed by atoms with van der Waals surface area (Å²) in [5, 5.41) is 8.76. The van der Waals surface area contributed by atoms with E-state index in [0.29, 0.717) is 0 Å². The zero-order chi connectivity index (χ0) is 18.4. The molecule has 0 radical (unpaired) electrons. The Morgan fingerprint density at radius 1 is 1.00 bits per heavy atom. The van der Waals surface area contributed by atoms with E-state index in [0.717, 1.165) is 17.7 Å². The Labute approximate surface area is 155 Å². The molecular formula is C23H25NO2. The Bertz CT molecular complexity index is 795. The lowest BCUT2D eigenvalue weighted by molar-refractivity contribution is -0.131. The van der Waals surface area contributed by atoms with Gasteiger partial charge in [-0.15, -0.1) is 0 Å². The monoisotopic (exact) mass is 347 g/mol. The van der Waals surface area contributed by atoms with Crippen LogP contribution in [0.25, 0.3) is 11.6 Å². The van der Waals surface area contributed by atoms with Gasteiger partial charge in [0.15, 0.2) is 0 Å². The summed E-state index contributed by atoms with van der Waals surface area (Å²) < 4.78 is 0. The molecule has 0 amide bonds. The van der Waals surface area contributed by atoms with E-state index >= 15 is 0 Å². The summed E-state index contributed by atoms with van der Waals surface area (Å²) in [7, 11) is 0. The van der Waals surface area contributed by atoms with E-state index in [1.165, 1.54) is 48.7 Å². The molecule has 1 saturated heterocycles. The maximum atomic E-state index is 10.7. The van der Waals surface area contributed by atoms with Crippen molar-refractivity contribution in [2.45, 2.75) is 19.8 Å². The number of likely N-dealkylation sites (tertiary alicyclic amines) is 1. The number of carboxylic acid groups (broad SMARTS) is 1. The van der Waals surface area contributed by atoms with Gasteiger partial charge in [0.05, 0.1) is 0 Å². The van der Waals surface area contributed by atoms with Crippen molar-refractivity contribution in [1.82, 2.24) is 4.90 Å². The number of aliphatic carboxylic acids is 1. The molecule has 1 aliphatic rings. The number of carboxylic acids is 1. The number of carbonyl (C=O) groups is 1. The van der Waals surface area contributed by atoms with Crippen LogP contribution in [0.4, 0.5) is 0 Å². The first-order chi connectivity index (χ1) is 12.6. The molecule has 134 valence electrons. The molecule has 0 aromatic heterocycles. The number of nitrogens with zero attached hydrogens (tertiary/aromatic N) is 1. The minimum absolute atomic E-state index is 0.888. The lowest BCUT2D eigenvalue weighted by Gasteiger charge is -2.15. The third-order valence-electron chi connectivity index (χ3n) is 4.75. The number of hydrogen-bond donors (Lipinski definition) is 1. The molecule has 26 heavy (non-hydrogen) atoms. The molecule has 3 heteroatoms. The van der Waals surface area contributed by atoms with Crippen LogP contribution in [-0.2, 0) is 4.79 Å². The second kappa shape index (κ2) is 8.63. The van der Waals surface area contributed by atoms with E-state index in [9.17, 15) is 4.79 Å². The van der Waals surface area contributed by atoms with E-state index in [4.69, 9.17) is 5.11 Å². The van der Waals surface area contributed by atoms with Gasteiger partial charge in [-0.2, -0.15) is 0 Å². The van der Waals surface area contributed by atoms with E-state index < -0.39 is 5.97 Å². The number of aryl methyl sites for hydroxylation is 1. The van der Waals surface area contributed by atoms with Gasteiger partial charge in [0, 0.05) is 12.6 Å². The van der Waals surface area contributed by atoms with Crippen molar-refractivity contribution in [3.63, 3.8) is 0 Å². The standard InChI is InChI=1S/C23H25NO2/c1-18-4-9-20(10-5-18)22(14-17-24-15-2-3-16-24)21-11-6-19(7-12-21)8-13-23(25)26/h4-14H,2-3,15-17H2,1H3,(H,25,26)/b13-8+,22-14-. The molecule has 1 N–H and O–H groups in total. The minimum Gasteiger partial charge on any atom is -0.478 e. The van der Waals surface area contributed by atoms with Crippen LogP contribution < -0.4 is 0 Å². The van der Waals surface area contributed by atoms with Crippen molar-refractivity contribution in [3.05, 3.63) is 82.9 Å². The van der Waals surface area contributed by atoms with Crippen molar-refractivity contribution < 1.29 is 9.90 Å². The van der Waals surface area contributed by atoms with Crippen LogP contribution in [0.5, 0.6) is 0 Å². The Kier molecular flexibility index (Phi) is 6.03. The molecule has 2 aromatic rings. The summed E-state index contributed by atoms with van der Waals surface area (Å²) in [6.07, 6.45) is 7.68. The van der Waals surface area contributed by atoms with E-state index in [1.807, 2.05) is 12.1 Å². The minimum atomic E-state index is -0.931. The van der Waals surface area contributed by atoms with Crippen LogP contribution in [0, 0.1) is 6.92 Å². The molecule has 1 aliphatic heterocycles. The fourth-order valence-corrected chi connectivity index (χ4v) is 3.26. The molecule has 0 bridgehead atoms. The predicted molar refractivity (Wildman–Crippen MR) is 107 cm³/mol. The Morgan fingerprint density at radius 3 is 2.15 bits per heavy atom. The zero-order valence-electron chi connectivity index (χ0n) is 15.2. The second-order valence-corrected chi connectivity index (χ2v) is 6.79. The van der Waals surface area contributed by atoms with Gasteiger partial charge >= 0.3 is 5.97 Å². The maximum absolute atomic E-state index is 10.7. The van der Waals surface area contributed by atoms with E-state index in [-0.39, 0.29) is 0 Å². The van der Waals surface area contributed by atoms with E-state index in [2.05, 4.69) is 54.3 Å². The first kappa shape index (κ1) is 18.2. The van der Waals surface area contributed by atoms with Crippen LogP contribution in [0.2, 0.25) is 0 Å². The first-order valence-corrected chi connectivity index (χ1v) is 9.13. The molecule has 2 aromatic carbocycles. The summed E-state index contributed by atoms with van der Waals surface area (Å²) in [4.78, 5) is 13.2. The third kappa shape index (κ3) is 4.93. The molecule has 0 spiro atoms. The summed E-state index contributed by atoms with van der Waals surface area (Å²) in [6.45, 7) is 5.41. The van der Waals surface area contributed by atoms with Crippen LogP contribution in [0.3, 0.4) is 0 Å². The summed E-state index contributed by atoms with van der Waals surface area (Å²) in [5.74, 6) is -0.931. The average Bonchev–Trinajstić information content (AvgIpc) is 3.16. The number of rotatable bonds is 6. The van der Waals surface area contributed by atoms with Crippen LogP contribution in [0.1, 0.15) is 35.1 Å². The number of hydrogen-bond acceptors (Lipinski definition) is 2. The van der Waals surface area contributed by atoms with Gasteiger partial charge in [-0.05, 0) is 61.2 Å². The Hall–Kier alpha value is -2.65. The molecule has 0 aliphatic carbocycles. The predicted octanol–water partition coefficient (Wildman–Crippen LogP) is 4.62. The summed E-state index contributed by atoms with van der Waals surface area (Å²) in [6, 6.07) is 16.7. The van der Waals surface area contributed by atoms with Gasteiger partial charge in [0.2, 0.25) is 0 Å². The molecule has 3 rings (SSSR count). The fourth-order valence-electron chi connectivity index (χ4n) is 3.26. The third-order valence-corrected chi connectivity index (χ3v) is 4.75. The largest absolute Gasteiger partial charge is 0.478 e. The van der Waals surface area contributed by atoms with Crippen LogP contribution in [-0.4, -0.2) is 35.6 Å². The molecule has 1 heterocycles. The fraction of sp³-hybridized carbons (Fsp3) is 0.261. The normalized spacial score (nSPS) is 15.7. The maximum Gasteiger partial charge on any atom is 0.328 e. The SMILES string of the molecule is Cc1ccc(/C(=C/CN2CCCC2)c2ccc(/C=C/C(=O)O)cc2)cc1. The van der Waals surface area contributed by atoms with Gasteiger partial charge in [0.1, 0.15) is 0 Å². The Balaban J connectivity index is 1.87. The first-order valence-electron chi connectivity index (χ1n) is 9.13.